The van der Waals surface area contributed by atoms with Crippen molar-refractivity contribution in [2.45, 2.75) is 6.18 Å². The van der Waals surface area contributed by atoms with Crippen LogP contribution in [-0.4, -0.2) is 10.8 Å². The van der Waals surface area contributed by atoms with Gasteiger partial charge in [0.05, 0.1) is 5.56 Å². The highest BCUT2D eigenvalue weighted by molar-refractivity contribution is 6.10. The van der Waals surface area contributed by atoms with Gasteiger partial charge in [0.25, 0.3) is 0 Å². The maximum atomic E-state index is 13.4. The molecule has 2 aromatic rings. The molecule has 0 saturated carbocycles. The molecule has 0 amide bonds. The van der Waals surface area contributed by atoms with E-state index in [-0.39, 0.29) is 0 Å². The zero-order valence-corrected chi connectivity index (χ0v) is 10.6. The molecule has 0 fully saturated rings. The lowest BCUT2D eigenvalue weighted by Gasteiger charge is -2.08. The molecule has 0 aliphatic heterocycles. The Labute approximate surface area is 120 Å². The number of benzene rings is 1. The molecule has 0 spiro atoms. The predicted molar refractivity (Wildman–Crippen MR) is 63.7 cm³/mol. The van der Waals surface area contributed by atoms with Crippen LogP contribution < -0.4 is 0 Å². The van der Waals surface area contributed by atoms with E-state index in [1.807, 2.05) is 0 Å². The molecule has 1 aromatic carbocycles. The molecule has 0 aliphatic rings. The van der Waals surface area contributed by atoms with Crippen LogP contribution in [0.3, 0.4) is 0 Å². The number of rotatable bonds is 2. The first kappa shape index (κ1) is 15.6. The number of hydrogen-bond acceptors (Lipinski definition) is 3. The number of carbonyl (C=O) groups excluding carboxylic acids is 1. The standard InChI is InChI=1S/C14H5F5N2O/c15-8-4-9(10(6-20)11(16)5-8)13(22)7-1-2-21-12(3-7)14(17,18)19/h1-5H. The van der Waals surface area contributed by atoms with Gasteiger partial charge in [-0.25, -0.2) is 8.78 Å². The van der Waals surface area contributed by atoms with E-state index < -0.39 is 46.0 Å². The Morgan fingerprint density at radius 3 is 2.45 bits per heavy atom. The summed E-state index contributed by atoms with van der Waals surface area (Å²) in [6, 6.07) is 3.80. The third kappa shape index (κ3) is 2.93. The van der Waals surface area contributed by atoms with Crippen LogP contribution in [0, 0.1) is 23.0 Å². The monoisotopic (exact) mass is 312 g/mol. The third-order valence-electron chi connectivity index (χ3n) is 2.72. The number of alkyl halides is 3. The zero-order chi connectivity index (χ0) is 16.5. The second kappa shape index (κ2) is 5.52. The van der Waals surface area contributed by atoms with Crippen LogP contribution in [0.15, 0.2) is 30.5 Å². The van der Waals surface area contributed by atoms with Gasteiger partial charge >= 0.3 is 6.18 Å². The molecule has 8 heteroatoms. The van der Waals surface area contributed by atoms with Crippen LogP contribution in [0.25, 0.3) is 0 Å². The Kier molecular flexibility index (Phi) is 3.91. The summed E-state index contributed by atoms with van der Waals surface area (Å²) in [6.07, 6.45) is -4.03. The Hall–Kier alpha value is -2.82. The molecule has 112 valence electrons. The largest absolute Gasteiger partial charge is 0.433 e. The smallest absolute Gasteiger partial charge is 0.289 e. The molecule has 0 saturated heterocycles. The molecule has 3 nitrogen and oxygen atoms in total. The van der Waals surface area contributed by atoms with Crippen molar-refractivity contribution in [3.8, 4) is 6.07 Å². The minimum Gasteiger partial charge on any atom is -0.289 e. The van der Waals surface area contributed by atoms with Crippen molar-refractivity contribution in [1.82, 2.24) is 4.98 Å². The fourth-order valence-electron chi connectivity index (χ4n) is 1.75. The van der Waals surface area contributed by atoms with Gasteiger partial charge in [0.1, 0.15) is 23.4 Å². The lowest BCUT2D eigenvalue weighted by molar-refractivity contribution is -0.141. The van der Waals surface area contributed by atoms with Crippen molar-refractivity contribution >= 4 is 5.78 Å². The van der Waals surface area contributed by atoms with E-state index in [4.69, 9.17) is 5.26 Å². The maximum absolute atomic E-state index is 13.4. The van der Waals surface area contributed by atoms with Crippen LogP contribution in [0.5, 0.6) is 0 Å². The first-order chi connectivity index (χ1) is 10.2. The fourth-order valence-corrected chi connectivity index (χ4v) is 1.75. The van der Waals surface area contributed by atoms with E-state index in [1.54, 1.807) is 0 Å². The molecule has 0 aliphatic carbocycles. The summed E-state index contributed by atoms with van der Waals surface area (Å²) >= 11 is 0. The minimum atomic E-state index is -4.78. The number of ketones is 1. The van der Waals surface area contributed by atoms with Gasteiger partial charge < -0.3 is 0 Å². The molecule has 0 bridgehead atoms. The summed E-state index contributed by atoms with van der Waals surface area (Å²) in [5.41, 5.74) is -3.20. The SMILES string of the molecule is N#Cc1c(F)cc(F)cc1C(=O)c1ccnc(C(F)(F)F)c1. The molecule has 1 aromatic heterocycles. The highest BCUT2D eigenvalue weighted by Crippen LogP contribution is 2.28. The molecule has 0 unspecified atom stereocenters. The summed E-state index contributed by atoms with van der Waals surface area (Å²) in [5.74, 6) is -3.50. The molecule has 0 N–H and O–H groups in total. The molecule has 2 rings (SSSR count). The summed E-state index contributed by atoms with van der Waals surface area (Å²) in [6.45, 7) is 0. The summed E-state index contributed by atoms with van der Waals surface area (Å²) < 4.78 is 64.3. The third-order valence-corrected chi connectivity index (χ3v) is 2.72. The Morgan fingerprint density at radius 2 is 1.86 bits per heavy atom. The van der Waals surface area contributed by atoms with E-state index in [0.29, 0.717) is 18.2 Å². The Balaban J connectivity index is 2.57. The minimum absolute atomic E-state index is 0.406. The normalized spacial score (nSPS) is 11.1. The van der Waals surface area contributed by atoms with Crippen molar-refractivity contribution in [1.29, 1.82) is 5.26 Å². The Bertz CT molecular complexity index is 793. The van der Waals surface area contributed by atoms with Crippen LogP contribution in [-0.2, 0) is 6.18 Å². The second-order valence-corrected chi connectivity index (χ2v) is 4.18. The maximum Gasteiger partial charge on any atom is 0.433 e. The molecule has 1 heterocycles. The number of nitrogens with zero attached hydrogens (tertiary/aromatic N) is 2. The van der Waals surface area contributed by atoms with Crippen LogP contribution in [0.2, 0.25) is 0 Å². The van der Waals surface area contributed by atoms with E-state index >= 15 is 0 Å². The van der Waals surface area contributed by atoms with Gasteiger partial charge in [0, 0.05) is 23.4 Å². The average molecular weight is 312 g/mol. The predicted octanol–water partition coefficient (Wildman–Crippen LogP) is 3.48. The number of nitriles is 1. The number of hydrogen-bond donors (Lipinski definition) is 0. The second-order valence-electron chi connectivity index (χ2n) is 4.18. The summed E-state index contributed by atoms with van der Waals surface area (Å²) in [4.78, 5) is 15.2. The highest BCUT2D eigenvalue weighted by Gasteiger charge is 2.33. The van der Waals surface area contributed by atoms with Gasteiger partial charge in [-0.15, -0.1) is 0 Å². The van der Waals surface area contributed by atoms with E-state index in [9.17, 15) is 26.7 Å². The number of pyridine rings is 1. The van der Waals surface area contributed by atoms with Gasteiger partial charge in [-0.2, -0.15) is 18.4 Å². The van der Waals surface area contributed by atoms with Gasteiger partial charge in [0.2, 0.25) is 0 Å². The fraction of sp³-hybridized carbons (Fsp3) is 0.0714. The van der Waals surface area contributed by atoms with Gasteiger partial charge in [0.15, 0.2) is 5.78 Å². The molecular weight excluding hydrogens is 307 g/mol. The van der Waals surface area contributed by atoms with Gasteiger partial charge in [-0.1, -0.05) is 0 Å². The average Bonchev–Trinajstić information content (AvgIpc) is 2.45. The number of halogens is 5. The lowest BCUT2D eigenvalue weighted by Crippen LogP contribution is -2.12. The first-order valence-corrected chi connectivity index (χ1v) is 5.71. The van der Waals surface area contributed by atoms with Crippen molar-refractivity contribution in [2.75, 3.05) is 0 Å². The van der Waals surface area contributed by atoms with E-state index in [1.165, 1.54) is 6.07 Å². The van der Waals surface area contributed by atoms with Gasteiger partial charge in [-0.3, -0.25) is 9.78 Å². The quantitative estimate of drug-likeness (QED) is 0.630. The topological polar surface area (TPSA) is 53.8 Å². The molecule has 0 radical (unpaired) electrons. The number of carbonyl (C=O) groups is 1. The summed E-state index contributed by atoms with van der Waals surface area (Å²) in [5, 5.41) is 8.81. The van der Waals surface area contributed by atoms with E-state index in [0.717, 1.165) is 12.3 Å². The lowest BCUT2D eigenvalue weighted by atomic mass is 9.98. The van der Waals surface area contributed by atoms with Crippen molar-refractivity contribution in [2.24, 2.45) is 0 Å². The molecular formula is C14H5F5N2O. The molecule has 22 heavy (non-hydrogen) atoms. The van der Waals surface area contributed by atoms with Crippen LogP contribution >= 0.6 is 0 Å². The van der Waals surface area contributed by atoms with Crippen molar-refractivity contribution < 1.29 is 26.7 Å². The van der Waals surface area contributed by atoms with E-state index in [2.05, 4.69) is 4.98 Å². The van der Waals surface area contributed by atoms with Crippen LogP contribution in [0.4, 0.5) is 22.0 Å². The van der Waals surface area contributed by atoms with Gasteiger partial charge in [-0.05, 0) is 18.2 Å². The van der Waals surface area contributed by atoms with Crippen LogP contribution in [0.1, 0.15) is 27.2 Å². The summed E-state index contributed by atoms with van der Waals surface area (Å²) in [7, 11) is 0. The number of aromatic nitrogens is 1. The first-order valence-electron chi connectivity index (χ1n) is 5.71. The van der Waals surface area contributed by atoms with Crippen molar-refractivity contribution in [3.05, 3.63) is 64.5 Å². The Morgan fingerprint density at radius 1 is 1.18 bits per heavy atom. The van der Waals surface area contributed by atoms with Crippen molar-refractivity contribution in [3.63, 3.8) is 0 Å². The zero-order valence-electron chi connectivity index (χ0n) is 10.6. The molecule has 0 atom stereocenters. The highest BCUT2D eigenvalue weighted by atomic mass is 19.4.